The van der Waals surface area contributed by atoms with Crippen molar-refractivity contribution >= 4 is 38.1 Å². The van der Waals surface area contributed by atoms with Gasteiger partial charge in [-0.15, -0.1) is 0 Å². The number of piperazine rings is 1. The molecule has 7 rings (SSSR count). The van der Waals surface area contributed by atoms with Gasteiger partial charge in [0.05, 0.1) is 10.2 Å². The van der Waals surface area contributed by atoms with Crippen LogP contribution in [0.2, 0.25) is 0 Å². The minimum Gasteiger partial charge on any atom is -0.314 e. The first-order chi connectivity index (χ1) is 23.0. The zero-order valence-corrected chi connectivity index (χ0v) is 27.7. The molecule has 2 fully saturated rings. The van der Waals surface area contributed by atoms with E-state index in [4.69, 9.17) is 0 Å². The van der Waals surface area contributed by atoms with Crippen LogP contribution in [0, 0.1) is 11.7 Å². The van der Waals surface area contributed by atoms with Crippen molar-refractivity contribution in [2.75, 3.05) is 45.8 Å². The van der Waals surface area contributed by atoms with Crippen molar-refractivity contribution in [2.45, 2.75) is 44.7 Å². The normalized spacial score (nSPS) is 18.3. The third-order valence-corrected chi connectivity index (χ3v) is 11.1. The quantitative estimate of drug-likeness (QED) is 0.124. The minimum absolute atomic E-state index is 0.0256. The van der Waals surface area contributed by atoms with Gasteiger partial charge in [0, 0.05) is 50.2 Å². The van der Waals surface area contributed by atoms with Gasteiger partial charge < -0.3 is 10.2 Å². The lowest BCUT2D eigenvalue weighted by Gasteiger charge is -2.37. The lowest BCUT2D eigenvalue weighted by molar-refractivity contribution is 0.0837. The number of halogens is 1. The van der Waals surface area contributed by atoms with Crippen LogP contribution in [0.5, 0.6) is 0 Å². The molecule has 2 aliphatic heterocycles. The number of likely N-dealkylation sites (tertiary alicyclic amines) is 1. The van der Waals surface area contributed by atoms with E-state index in [0.29, 0.717) is 18.2 Å². The second-order valence-electron chi connectivity index (χ2n) is 13.1. The monoisotopic (exact) mass is 650 g/mol. The van der Waals surface area contributed by atoms with E-state index in [1.165, 1.54) is 45.4 Å². The smallest absolute Gasteiger partial charge is 0.308 e. The summed E-state index contributed by atoms with van der Waals surface area (Å²) in [7, 11) is 0. The molecule has 1 unspecified atom stereocenters. The van der Waals surface area contributed by atoms with E-state index in [2.05, 4.69) is 75.8 Å². The molecule has 0 amide bonds. The average Bonchev–Trinajstić information content (AvgIpc) is 3.43. The van der Waals surface area contributed by atoms with Gasteiger partial charge in [0.15, 0.2) is 5.78 Å². The molecule has 6 nitrogen and oxygen atoms in total. The number of hydrogen-bond donors (Lipinski definition) is 1. The summed E-state index contributed by atoms with van der Waals surface area (Å²) in [4.78, 5) is 30.9. The number of aromatic nitrogens is 1. The van der Waals surface area contributed by atoms with Crippen LogP contribution in [0.3, 0.4) is 0 Å². The van der Waals surface area contributed by atoms with Crippen LogP contribution in [0.15, 0.2) is 89.7 Å². The van der Waals surface area contributed by atoms with Crippen LogP contribution in [0.25, 0.3) is 21.0 Å². The maximum absolute atomic E-state index is 13.3. The highest BCUT2D eigenvalue weighted by Crippen LogP contribution is 2.30. The largest absolute Gasteiger partial charge is 0.314 e. The van der Waals surface area contributed by atoms with Crippen molar-refractivity contribution < 1.29 is 9.18 Å². The maximum Gasteiger partial charge on any atom is 0.308 e. The molecule has 47 heavy (non-hydrogen) atoms. The fourth-order valence-corrected chi connectivity index (χ4v) is 8.47. The van der Waals surface area contributed by atoms with Crippen LogP contribution >= 0.6 is 11.3 Å². The molecule has 0 spiro atoms. The number of unbranched alkanes of at least 4 members (excludes halogenated alkanes) is 1. The summed E-state index contributed by atoms with van der Waals surface area (Å²) in [6.45, 7) is 7.25. The summed E-state index contributed by atoms with van der Waals surface area (Å²) in [6, 6.07) is 28.2. The first-order valence-corrected chi connectivity index (χ1v) is 17.9. The van der Waals surface area contributed by atoms with Crippen LogP contribution in [0.4, 0.5) is 4.39 Å². The summed E-state index contributed by atoms with van der Waals surface area (Å²) < 4.78 is 16.2. The average molecular weight is 651 g/mol. The Labute approximate surface area is 279 Å². The summed E-state index contributed by atoms with van der Waals surface area (Å²) in [5.74, 6) is -0.242. The van der Waals surface area contributed by atoms with Crippen molar-refractivity contribution in [1.29, 1.82) is 0 Å². The van der Waals surface area contributed by atoms with Crippen molar-refractivity contribution in [2.24, 2.45) is 5.92 Å². The molecule has 244 valence electrons. The zero-order valence-electron chi connectivity index (χ0n) is 26.9. The van der Waals surface area contributed by atoms with Gasteiger partial charge in [0.25, 0.3) is 0 Å². The highest BCUT2D eigenvalue weighted by molar-refractivity contribution is 7.16. The van der Waals surface area contributed by atoms with Crippen LogP contribution in [0.1, 0.15) is 53.2 Å². The van der Waals surface area contributed by atoms with Crippen LogP contribution in [-0.4, -0.2) is 66.0 Å². The molecule has 4 aromatic carbocycles. The molecule has 0 saturated carbocycles. The lowest BCUT2D eigenvalue weighted by atomic mass is 9.89. The number of hydrogen-bond acceptors (Lipinski definition) is 6. The number of piperidine rings is 1. The van der Waals surface area contributed by atoms with Crippen LogP contribution < -0.4 is 10.2 Å². The molecule has 0 aliphatic carbocycles. The molecule has 1 N–H and O–H groups in total. The predicted octanol–water partition coefficient (Wildman–Crippen LogP) is 6.92. The van der Waals surface area contributed by atoms with Gasteiger partial charge in [0.2, 0.25) is 0 Å². The Hall–Kier alpha value is -3.69. The second-order valence-corrected chi connectivity index (χ2v) is 14.1. The molecule has 2 saturated heterocycles. The predicted molar refractivity (Wildman–Crippen MR) is 190 cm³/mol. The zero-order chi connectivity index (χ0) is 32.2. The number of rotatable bonds is 11. The number of carbonyl (C=O) groups is 1. The number of ketones is 1. The Morgan fingerprint density at radius 2 is 1.68 bits per heavy atom. The Balaban J connectivity index is 0.904. The summed E-state index contributed by atoms with van der Waals surface area (Å²) >= 11 is 1.35. The Morgan fingerprint density at radius 3 is 2.53 bits per heavy atom. The molecule has 5 aromatic rings. The topological polar surface area (TPSA) is 57.6 Å². The van der Waals surface area contributed by atoms with Gasteiger partial charge in [-0.2, -0.15) is 0 Å². The first kappa shape index (κ1) is 31.9. The minimum atomic E-state index is -0.323. The van der Waals surface area contributed by atoms with Crippen molar-refractivity contribution in [1.82, 2.24) is 19.7 Å². The fraction of sp³-hybridized carbons (Fsp3) is 0.385. The van der Waals surface area contributed by atoms with Crippen molar-refractivity contribution in [3.8, 4) is 0 Å². The Kier molecular flexibility index (Phi) is 9.91. The van der Waals surface area contributed by atoms with Gasteiger partial charge in [-0.05, 0) is 110 Å². The number of nitrogens with one attached hydrogen (secondary N) is 1. The number of benzene rings is 4. The van der Waals surface area contributed by atoms with E-state index >= 15 is 0 Å². The molecule has 8 heteroatoms. The molecule has 0 radical (unpaired) electrons. The number of carbonyl (C=O) groups excluding carboxylic acids is 1. The third-order valence-electron chi connectivity index (χ3n) is 10.2. The Bertz CT molecular complexity index is 1890. The SMILES string of the molecule is O=C(c1ccc(F)cc1)C1CCN(CCn2c(=O)sc3cc(CCCCN4CCNCC4c4cccc5ccccc45)ccc32)CC1. The van der Waals surface area contributed by atoms with E-state index in [-0.39, 0.29) is 22.4 Å². The molecule has 1 aromatic heterocycles. The number of nitrogens with zero attached hydrogens (tertiary/aromatic N) is 3. The maximum atomic E-state index is 13.3. The van der Waals surface area contributed by atoms with Crippen LogP contribution in [-0.2, 0) is 13.0 Å². The van der Waals surface area contributed by atoms with Crippen molar-refractivity contribution in [3.63, 3.8) is 0 Å². The van der Waals surface area contributed by atoms with Gasteiger partial charge >= 0.3 is 4.87 Å². The second kappa shape index (κ2) is 14.6. The van der Waals surface area contributed by atoms with Gasteiger partial charge in [-0.3, -0.25) is 19.1 Å². The van der Waals surface area contributed by atoms with Gasteiger partial charge in [-0.1, -0.05) is 59.9 Å². The molecule has 2 aliphatic rings. The van der Waals surface area contributed by atoms with E-state index in [0.717, 1.165) is 88.1 Å². The first-order valence-electron chi connectivity index (χ1n) is 17.1. The van der Waals surface area contributed by atoms with E-state index in [1.807, 2.05) is 4.57 Å². The highest BCUT2D eigenvalue weighted by atomic mass is 32.1. The Morgan fingerprint density at radius 1 is 0.872 bits per heavy atom. The fourth-order valence-electron chi connectivity index (χ4n) is 7.49. The van der Waals surface area contributed by atoms with Crippen molar-refractivity contribution in [3.05, 3.63) is 117 Å². The third kappa shape index (κ3) is 7.26. The van der Waals surface area contributed by atoms with Gasteiger partial charge in [-0.25, -0.2) is 4.39 Å². The molecule has 3 heterocycles. The molecule has 1 atom stereocenters. The van der Waals surface area contributed by atoms with E-state index in [1.54, 1.807) is 12.1 Å². The molecular weight excluding hydrogens is 608 g/mol. The standard InChI is InChI=1S/C39H43FN4O2S/c40-32-14-12-30(13-15-32)38(45)31-17-21-42(22-18-31)24-25-44-35-16-11-28(26-37(35)47-39(44)46)6-3-4-20-43-23-19-41-27-36(43)34-10-5-8-29-7-1-2-9-33(29)34/h1-2,5,7-16,26,31,36,41H,3-4,6,17-25,27H2. The lowest BCUT2D eigenvalue weighted by Crippen LogP contribution is -2.46. The number of thiazole rings is 1. The number of Topliss-reactive ketones (excluding diaryl/α,β-unsaturated/α-hetero) is 1. The number of aryl methyl sites for hydroxylation is 1. The van der Waals surface area contributed by atoms with E-state index in [9.17, 15) is 14.0 Å². The van der Waals surface area contributed by atoms with Gasteiger partial charge in [0.1, 0.15) is 5.82 Å². The molecule has 0 bridgehead atoms. The summed E-state index contributed by atoms with van der Waals surface area (Å²) in [5, 5.41) is 6.27. The highest BCUT2D eigenvalue weighted by Gasteiger charge is 2.27. The summed E-state index contributed by atoms with van der Waals surface area (Å²) in [6.07, 6.45) is 4.85. The summed E-state index contributed by atoms with van der Waals surface area (Å²) in [5.41, 5.74) is 4.32. The van der Waals surface area contributed by atoms with E-state index < -0.39 is 0 Å². The number of fused-ring (bicyclic) bond motifs is 2. The molecular formula is C39H43FN4O2S.